The van der Waals surface area contributed by atoms with E-state index in [9.17, 15) is 0 Å². The molecule has 2 aliphatic heterocycles. The fraction of sp³-hybridized carbons (Fsp3) is 0.733. The van der Waals surface area contributed by atoms with Gasteiger partial charge in [-0.25, -0.2) is 4.98 Å². The van der Waals surface area contributed by atoms with Crippen LogP contribution in [0.25, 0.3) is 0 Å². The Bertz CT molecular complexity index is 481. The maximum atomic E-state index is 4.71. The lowest BCUT2D eigenvalue weighted by atomic mass is 9.99. The first-order valence-corrected chi connectivity index (χ1v) is 8.82. The van der Waals surface area contributed by atoms with Crippen molar-refractivity contribution in [1.82, 2.24) is 14.9 Å². The van der Waals surface area contributed by atoms with Crippen molar-refractivity contribution in [2.45, 2.75) is 38.6 Å². The number of hydrogen-bond acceptors (Lipinski definition) is 5. The molecule has 2 aliphatic rings. The SMILES string of the molecule is CCCNc1ncc(Br)c(N2CCN3CCCCC3C2)n1. The summed E-state index contributed by atoms with van der Waals surface area (Å²) in [4.78, 5) is 14.1. The molecule has 0 amide bonds. The van der Waals surface area contributed by atoms with E-state index < -0.39 is 0 Å². The first kappa shape index (κ1) is 15.0. The second kappa shape index (κ2) is 6.92. The van der Waals surface area contributed by atoms with Crippen LogP contribution < -0.4 is 10.2 Å². The van der Waals surface area contributed by atoms with E-state index in [1.165, 1.54) is 25.8 Å². The third-order valence-electron chi connectivity index (χ3n) is 4.40. The van der Waals surface area contributed by atoms with Crippen molar-refractivity contribution < 1.29 is 0 Å². The van der Waals surface area contributed by atoms with Gasteiger partial charge in [0.2, 0.25) is 5.95 Å². The van der Waals surface area contributed by atoms with Crippen LogP contribution in [0.3, 0.4) is 0 Å². The molecule has 0 bridgehead atoms. The standard InChI is InChI=1S/C15H24BrN5/c1-2-6-17-15-18-10-13(16)14(19-15)21-9-8-20-7-4-3-5-12(20)11-21/h10,12H,2-9,11H2,1H3,(H,17,18,19). The predicted octanol–water partition coefficient (Wildman–Crippen LogP) is 2.74. The van der Waals surface area contributed by atoms with Gasteiger partial charge >= 0.3 is 0 Å². The largest absolute Gasteiger partial charge is 0.354 e. The lowest BCUT2D eigenvalue weighted by Crippen LogP contribution is -2.55. The van der Waals surface area contributed by atoms with Crippen LogP contribution in [0.2, 0.25) is 0 Å². The van der Waals surface area contributed by atoms with Gasteiger partial charge in [0.25, 0.3) is 0 Å². The normalized spacial score (nSPS) is 23.0. The van der Waals surface area contributed by atoms with E-state index in [-0.39, 0.29) is 0 Å². The Labute approximate surface area is 135 Å². The van der Waals surface area contributed by atoms with Crippen molar-refractivity contribution >= 4 is 27.7 Å². The van der Waals surface area contributed by atoms with Gasteiger partial charge in [0.05, 0.1) is 4.47 Å². The van der Waals surface area contributed by atoms with Crippen molar-refractivity contribution in [3.8, 4) is 0 Å². The van der Waals surface area contributed by atoms with Crippen molar-refractivity contribution in [3.05, 3.63) is 10.7 Å². The summed E-state index contributed by atoms with van der Waals surface area (Å²) in [5.74, 6) is 1.77. The molecule has 21 heavy (non-hydrogen) atoms. The average molecular weight is 354 g/mol. The quantitative estimate of drug-likeness (QED) is 0.901. The Morgan fingerprint density at radius 1 is 1.33 bits per heavy atom. The second-order valence-corrected chi connectivity index (χ2v) is 6.78. The summed E-state index contributed by atoms with van der Waals surface area (Å²) in [7, 11) is 0. The zero-order valence-electron chi connectivity index (χ0n) is 12.7. The number of piperidine rings is 1. The van der Waals surface area contributed by atoms with E-state index in [1.54, 1.807) is 0 Å². The van der Waals surface area contributed by atoms with Crippen LogP contribution in [-0.2, 0) is 0 Å². The molecule has 0 aromatic carbocycles. The van der Waals surface area contributed by atoms with Crippen LogP contribution in [0.15, 0.2) is 10.7 Å². The van der Waals surface area contributed by atoms with Crippen molar-refractivity contribution in [2.75, 3.05) is 42.9 Å². The highest BCUT2D eigenvalue weighted by atomic mass is 79.9. The Kier molecular flexibility index (Phi) is 4.95. The van der Waals surface area contributed by atoms with Gasteiger partial charge in [0, 0.05) is 38.4 Å². The molecule has 0 radical (unpaired) electrons. The average Bonchev–Trinajstić information content (AvgIpc) is 2.53. The van der Waals surface area contributed by atoms with Gasteiger partial charge in [-0.1, -0.05) is 13.3 Å². The number of anilines is 2. The number of piperazine rings is 1. The maximum Gasteiger partial charge on any atom is 0.224 e. The molecule has 6 heteroatoms. The number of nitrogens with zero attached hydrogens (tertiary/aromatic N) is 4. The Balaban J connectivity index is 1.73. The summed E-state index contributed by atoms with van der Waals surface area (Å²) in [5.41, 5.74) is 0. The molecule has 1 aromatic heterocycles. The van der Waals surface area contributed by atoms with E-state index >= 15 is 0 Å². The lowest BCUT2D eigenvalue weighted by molar-refractivity contribution is 0.133. The van der Waals surface area contributed by atoms with Gasteiger partial charge in [-0.15, -0.1) is 0 Å². The van der Waals surface area contributed by atoms with Crippen LogP contribution in [0.4, 0.5) is 11.8 Å². The molecule has 0 saturated carbocycles. The zero-order chi connectivity index (χ0) is 14.7. The van der Waals surface area contributed by atoms with Gasteiger partial charge in [0.1, 0.15) is 5.82 Å². The Morgan fingerprint density at radius 3 is 3.10 bits per heavy atom. The van der Waals surface area contributed by atoms with Crippen LogP contribution >= 0.6 is 15.9 Å². The number of hydrogen-bond donors (Lipinski definition) is 1. The fourth-order valence-corrected chi connectivity index (χ4v) is 3.69. The molecule has 1 N–H and O–H groups in total. The topological polar surface area (TPSA) is 44.3 Å². The predicted molar refractivity (Wildman–Crippen MR) is 89.9 cm³/mol. The number of fused-ring (bicyclic) bond motifs is 1. The van der Waals surface area contributed by atoms with Crippen LogP contribution in [-0.4, -0.2) is 53.6 Å². The van der Waals surface area contributed by atoms with Crippen LogP contribution in [0.5, 0.6) is 0 Å². The summed E-state index contributed by atoms with van der Waals surface area (Å²) < 4.78 is 0.994. The van der Waals surface area contributed by atoms with Gasteiger partial charge in [-0.2, -0.15) is 4.98 Å². The van der Waals surface area contributed by atoms with Crippen molar-refractivity contribution in [1.29, 1.82) is 0 Å². The minimum atomic E-state index is 0.696. The molecular weight excluding hydrogens is 330 g/mol. The zero-order valence-corrected chi connectivity index (χ0v) is 14.3. The molecule has 3 heterocycles. The van der Waals surface area contributed by atoms with E-state index in [0.29, 0.717) is 6.04 Å². The molecule has 1 atom stereocenters. The third-order valence-corrected chi connectivity index (χ3v) is 4.95. The molecule has 3 rings (SSSR count). The molecule has 1 unspecified atom stereocenters. The molecule has 116 valence electrons. The van der Waals surface area contributed by atoms with Gasteiger partial charge in [-0.05, 0) is 41.7 Å². The minimum absolute atomic E-state index is 0.696. The highest BCUT2D eigenvalue weighted by Crippen LogP contribution is 2.29. The second-order valence-electron chi connectivity index (χ2n) is 5.92. The summed E-state index contributed by atoms with van der Waals surface area (Å²) in [6.07, 6.45) is 6.99. The highest BCUT2D eigenvalue weighted by Gasteiger charge is 2.30. The molecule has 0 aliphatic carbocycles. The molecule has 1 aromatic rings. The summed E-state index contributed by atoms with van der Waals surface area (Å²) in [6.45, 7) is 7.63. The number of aromatic nitrogens is 2. The van der Waals surface area contributed by atoms with E-state index in [2.05, 4.69) is 43.0 Å². The molecule has 5 nitrogen and oxygen atoms in total. The molecular formula is C15H24BrN5. The van der Waals surface area contributed by atoms with E-state index in [1.807, 2.05) is 6.20 Å². The first-order chi connectivity index (χ1) is 10.3. The number of rotatable bonds is 4. The van der Waals surface area contributed by atoms with Crippen molar-refractivity contribution in [3.63, 3.8) is 0 Å². The van der Waals surface area contributed by atoms with Crippen LogP contribution in [0.1, 0.15) is 32.6 Å². The van der Waals surface area contributed by atoms with E-state index in [4.69, 9.17) is 4.98 Å². The fourth-order valence-electron chi connectivity index (χ4n) is 3.25. The first-order valence-electron chi connectivity index (χ1n) is 8.03. The minimum Gasteiger partial charge on any atom is -0.354 e. The number of nitrogens with one attached hydrogen (secondary N) is 1. The third kappa shape index (κ3) is 3.48. The smallest absolute Gasteiger partial charge is 0.224 e. The van der Waals surface area contributed by atoms with Crippen LogP contribution in [0, 0.1) is 0 Å². The summed E-state index contributed by atoms with van der Waals surface area (Å²) in [5, 5.41) is 3.28. The van der Waals surface area contributed by atoms with Gasteiger partial charge < -0.3 is 10.2 Å². The number of halogens is 1. The van der Waals surface area contributed by atoms with Crippen molar-refractivity contribution in [2.24, 2.45) is 0 Å². The highest BCUT2D eigenvalue weighted by molar-refractivity contribution is 9.10. The van der Waals surface area contributed by atoms with Gasteiger partial charge in [-0.3, -0.25) is 4.90 Å². The lowest BCUT2D eigenvalue weighted by Gasteiger charge is -2.44. The molecule has 2 saturated heterocycles. The monoisotopic (exact) mass is 353 g/mol. The Hall–Kier alpha value is -0.880. The van der Waals surface area contributed by atoms with Gasteiger partial charge in [0.15, 0.2) is 0 Å². The Morgan fingerprint density at radius 2 is 2.24 bits per heavy atom. The van der Waals surface area contributed by atoms with E-state index in [0.717, 1.165) is 48.8 Å². The summed E-state index contributed by atoms with van der Waals surface area (Å²) in [6, 6.07) is 0.696. The maximum absolute atomic E-state index is 4.71. The molecule has 0 spiro atoms. The molecule has 2 fully saturated rings. The summed E-state index contributed by atoms with van der Waals surface area (Å²) >= 11 is 3.61.